The zero-order valence-electron chi connectivity index (χ0n) is 8.88. The van der Waals surface area contributed by atoms with E-state index in [1.165, 1.54) is 32.4 Å². The van der Waals surface area contributed by atoms with E-state index < -0.39 is 0 Å². The van der Waals surface area contributed by atoms with Gasteiger partial charge in [-0.15, -0.1) is 0 Å². The van der Waals surface area contributed by atoms with Crippen LogP contribution in [-0.4, -0.2) is 38.3 Å². The van der Waals surface area contributed by atoms with Crippen LogP contribution in [0.1, 0.15) is 26.2 Å². The maximum atomic E-state index is 5.41. The first-order valence-corrected chi connectivity index (χ1v) is 5.53. The Labute approximate surface area is 81.3 Å². The molecule has 1 saturated heterocycles. The quantitative estimate of drug-likeness (QED) is 0.661. The molecule has 1 unspecified atom stereocenters. The summed E-state index contributed by atoms with van der Waals surface area (Å²) in [6.45, 7) is 6.73. The zero-order valence-corrected chi connectivity index (χ0v) is 8.88. The average molecular weight is 183 g/mol. The van der Waals surface area contributed by atoms with Gasteiger partial charge < -0.3 is 9.64 Å². The summed E-state index contributed by atoms with van der Waals surface area (Å²) in [5.74, 6) is 0.973. The fourth-order valence-electron chi connectivity index (χ4n) is 2.59. The molecule has 2 nitrogen and oxygen atoms in total. The molecule has 0 aromatic rings. The smallest absolute Gasteiger partial charge is 0.0471 e. The second-order valence-electron chi connectivity index (χ2n) is 4.73. The third-order valence-electron chi connectivity index (χ3n) is 3.92. The van der Waals surface area contributed by atoms with Crippen LogP contribution in [0.15, 0.2) is 0 Å². The van der Waals surface area contributed by atoms with E-state index in [2.05, 4.69) is 18.9 Å². The number of hydrogen-bond donors (Lipinski definition) is 0. The first-order valence-electron chi connectivity index (χ1n) is 5.53. The molecule has 0 bridgehead atoms. The molecule has 76 valence electrons. The summed E-state index contributed by atoms with van der Waals surface area (Å²) in [6, 6.07) is 0. The largest absolute Gasteiger partial charge is 0.381 e. The fourth-order valence-corrected chi connectivity index (χ4v) is 2.59. The van der Waals surface area contributed by atoms with Crippen LogP contribution in [0, 0.1) is 11.3 Å². The van der Waals surface area contributed by atoms with Gasteiger partial charge in [-0.25, -0.2) is 0 Å². The van der Waals surface area contributed by atoms with Crippen molar-refractivity contribution in [3.63, 3.8) is 0 Å². The van der Waals surface area contributed by atoms with Gasteiger partial charge in [0.2, 0.25) is 0 Å². The summed E-state index contributed by atoms with van der Waals surface area (Å²) in [5, 5.41) is 0. The lowest BCUT2D eigenvalue weighted by Crippen LogP contribution is -2.25. The van der Waals surface area contributed by atoms with E-state index in [0.717, 1.165) is 19.1 Å². The Kier molecular flexibility index (Phi) is 2.61. The van der Waals surface area contributed by atoms with E-state index in [9.17, 15) is 0 Å². The van der Waals surface area contributed by atoms with E-state index in [4.69, 9.17) is 4.74 Å². The van der Waals surface area contributed by atoms with Crippen LogP contribution in [0.5, 0.6) is 0 Å². The average Bonchev–Trinajstić information content (AvgIpc) is 2.79. The van der Waals surface area contributed by atoms with E-state index in [1.54, 1.807) is 0 Å². The lowest BCUT2D eigenvalue weighted by Gasteiger charge is -2.24. The van der Waals surface area contributed by atoms with Gasteiger partial charge in [-0.2, -0.15) is 0 Å². The van der Waals surface area contributed by atoms with E-state index in [1.807, 2.05) is 0 Å². The van der Waals surface area contributed by atoms with Gasteiger partial charge in [0.25, 0.3) is 0 Å². The molecule has 1 saturated carbocycles. The Bertz CT molecular complexity index is 175. The molecule has 2 rings (SSSR count). The van der Waals surface area contributed by atoms with Crippen molar-refractivity contribution in [3.8, 4) is 0 Å². The predicted molar refractivity (Wildman–Crippen MR) is 53.8 cm³/mol. The fraction of sp³-hybridized carbons (Fsp3) is 1.00. The van der Waals surface area contributed by atoms with Crippen molar-refractivity contribution in [2.75, 3.05) is 33.4 Å². The molecule has 2 fully saturated rings. The van der Waals surface area contributed by atoms with Gasteiger partial charge in [-0.3, -0.25) is 0 Å². The summed E-state index contributed by atoms with van der Waals surface area (Å²) in [5.41, 5.74) is 0.710. The van der Waals surface area contributed by atoms with Crippen LogP contribution in [0.25, 0.3) is 0 Å². The normalized spacial score (nSPS) is 31.2. The van der Waals surface area contributed by atoms with Crippen molar-refractivity contribution in [3.05, 3.63) is 0 Å². The minimum Gasteiger partial charge on any atom is -0.381 e. The van der Waals surface area contributed by atoms with Crippen molar-refractivity contribution in [2.24, 2.45) is 11.3 Å². The van der Waals surface area contributed by atoms with Crippen LogP contribution in [-0.2, 0) is 4.74 Å². The van der Waals surface area contributed by atoms with Gasteiger partial charge in [0.1, 0.15) is 0 Å². The number of ether oxygens (including phenoxy) is 1. The van der Waals surface area contributed by atoms with Gasteiger partial charge in [-0.05, 0) is 44.2 Å². The third-order valence-corrected chi connectivity index (χ3v) is 3.92. The summed E-state index contributed by atoms with van der Waals surface area (Å²) in [4.78, 5) is 2.44. The molecule has 13 heavy (non-hydrogen) atoms. The molecule has 1 atom stereocenters. The maximum absolute atomic E-state index is 5.41. The number of rotatable bonds is 3. The third kappa shape index (κ3) is 1.89. The predicted octanol–water partition coefficient (Wildman–Crippen LogP) is 1.75. The molecule has 2 aliphatic rings. The molecule has 0 radical (unpaired) electrons. The first-order chi connectivity index (χ1) is 6.27. The highest BCUT2D eigenvalue weighted by Gasteiger charge is 2.53. The highest BCUT2D eigenvalue weighted by Crippen LogP contribution is 2.59. The Morgan fingerprint density at radius 2 is 2.08 bits per heavy atom. The molecular formula is C11H21NO. The van der Waals surface area contributed by atoms with Crippen LogP contribution in [0.3, 0.4) is 0 Å². The molecule has 1 aliphatic carbocycles. The minimum atomic E-state index is 0.710. The van der Waals surface area contributed by atoms with Crippen molar-refractivity contribution < 1.29 is 4.74 Å². The molecule has 1 spiro atoms. The van der Waals surface area contributed by atoms with Crippen molar-refractivity contribution in [2.45, 2.75) is 26.2 Å². The second-order valence-corrected chi connectivity index (χ2v) is 4.73. The zero-order chi connectivity index (χ0) is 9.31. The molecule has 0 amide bonds. The summed E-state index contributed by atoms with van der Waals surface area (Å²) in [6.07, 6.45) is 4.09. The molecule has 2 heteroatoms. The lowest BCUT2D eigenvalue weighted by atomic mass is 9.94. The molecule has 0 aromatic heterocycles. The van der Waals surface area contributed by atoms with Gasteiger partial charge in [0.15, 0.2) is 0 Å². The van der Waals surface area contributed by atoms with Crippen molar-refractivity contribution >= 4 is 0 Å². The van der Waals surface area contributed by atoms with Crippen LogP contribution in [0.4, 0.5) is 0 Å². The maximum Gasteiger partial charge on any atom is 0.0471 e. The molecule has 0 aromatic carbocycles. The highest BCUT2D eigenvalue weighted by molar-refractivity contribution is 5.03. The Morgan fingerprint density at radius 3 is 2.69 bits per heavy atom. The minimum absolute atomic E-state index is 0.710. The van der Waals surface area contributed by atoms with E-state index in [-0.39, 0.29) is 0 Å². The Morgan fingerprint density at radius 1 is 1.38 bits per heavy atom. The van der Waals surface area contributed by atoms with Gasteiger partial charge in [-0.1, -0.05) is 6.92 Å². The van der Waals surface area contributed by atoms with E-state index in [0.29, 0.717) is 5.41 Å². The summed E-state index contributed by atoms with van der Waals surface area (Å²) >= 11 is 0. The lowest BCUT2D eigenvalue weighted by molar-refractivity contribution is 0.0500. The SMILES string of the molecule is CCN(C)CC1CC12CCOCC2. The molecule has 1 heterocycles. The van der Waals surface area contributed by atoms with Crippen LogP contribution >= 0.6 is 0 Å². The molecule has 0 N–H and O–H groups in total. The number of nitrogens with zero attached hydrogens (tertiary/aromatic N) is 1. The van der Waals surface area contributed by atoms with Gasteiger partial charge in [0.05, 0.1) is 0 Å². The van der Waals surface area contributed by atoms with Gasteiger partial charge >= 0.3 is 0 Å². The second kappa shape index (κ2) is 3.58. The Hall–Kier alpha value is -0.0800. The Balaban J connectivity index is 1.79. The van der Waals surface area contributed by atoms with Crippen molar-refractivity contribution in [1.82, 2.24) is 4.90 Å². The summed E-state index contributed by atoms with van der Waals surface area (Å²) in [7, 11) is 2.23. The monoisotopic (exact) mass is 183 g/mol. The van der Waals surface area contributed by atoms with Gasteiger partial charge in [0, 0.05) is 19.8 Å². The standard InChI is InChI=1S/C11H21NO/c1-3-12(2)9-10-8-11(10)4-6-13-7-5-11/h10H,3-9H2,1-2H3. The van der Waals surface area contributed by atoms with Crippen LogP contribution in [0.2, 0.25) is 0 Å². The van der Waals surface area contributed by atoms with Crippen LogP contribution < -0.4 is 0 Å². The van der Waals surface area contributed by atoms with Crippen molar-refractivity contribution in [1.29, 1.82) is 0 Å². The van der Waals surface area contributed by atoms with E-state index >= 15 is 0 Å². The highest BCUT2D eigenvalue weighted by atomic mass is 16.5. The summed E-state index contributed by atoms with van der Waals surface area (Å²) < 4.78 is 5.41. The number of hydrogen-bond acceptors (Lipinski definition) is 2. The molecular weight excluding hydrogens is 162 g/mol. The molecule has 1 aliphatic heterocycles. The topological polar surface area (TPSA) is 12.5 Å². The first kappa shape index (κ1) is 9.47.